The van der Waals surface area contributed by atoms with E-state index in [1.165, 1.54) is 4.90 Å². The first kappa shape index (κ1) is 17.4. The van der Waals surface area contributed by atoms with Crippen LogP contribution in [0.25, 0.3) is 0 Å². The molecule has 0 bridgehead atoms. The summed E-state index contributed by atoms with van der Waals surface area (Å²) in [5.41, 5.74) is 0. The van der Waals surface area contributed by atoms with Crippen molar-refractivity contribution in [1.29, 1.82) is 0 Å². The number of methoxy groups -OCH3 is 1. The van der Waals surface area contributed by atoms with Gasteiger partial charge in [-0.15, -0.1) is 0 Å². The monoisotopic (exact) mass is 308 g/mol. The Morgan fingerprint density at radius 3 is 2.60 bits per heavy atom. The lowest BCUT2D eigenvalue weighted by Gasteiger charge is -2.27. The second kappa shape index (κ2) is 7.92. The fraction of sp³-hybridized carbons (Fsp3) is 0.917. The first-order chi connectivity index (χ1) is 9.39. The lowest BCUT2D eigenvalue weighted by atomic mass is 10.2. The van der Waals surface area contributed by atoms with Gasteiger partial charge in [0.1, 0.15) is 0 Å². The number of hydrogen-bond donors (Lipinski definition) is 1. The van der Waals surface area contributed by atoms with Crippen molar-refractivity contribution in [3.8, 4) is 0 Å². The molecule has 1 fully saturated rings. The maximum atomic E-state index is 12.2. The molecule has 7 nitrogen and oxygen atoms in total. The highest BCUT2D eigenvalue weighted by Crippen LogP contribution is 2.16. The highest BCUT2D eigenvalue weighted by molar-refractivity contribution is 7.91. The number of aliphatic hydroxyl groups excluding tert-OH is 1. The Labute approximate surface area is 120 Å². The molecule has 1 atom stereocenters. The summed E-state index contributed by atoms with van der Waals surface area (Å²) in [6.45, 7) is 1.57. The molecular formula is C12H24N2O5S. The molecule has 1 aliphatic rings. The largest absolute Gasteiger partial charge is 0.395 e. The molecule has 1 heterocycles. The summed E-state index contributed by atoms with van der Waals surface area (Å²) in [6.07, 6.45) is 0.503. The molecule has 118 valence electrons. The quantitative estimate of drug-likeness (QED) is 0.592. The second-order valence-corrected chi connectivity index (χ2v) is 7.28. The Kier molecular flexibility index (Phi) is 6.87. The van der Waals surface area contributed by atoms with Crippen LogP contribution in [-0.4, -0.2) is 93.8 Å². The highest BCUT2D eigenvalue weighted by atomic mass is 32.2. The normalized spacial score (nSPS) is 21.3. The van der Waals surface area contributed by atoms with E-state index < -0.39 is 9.84 Å². The molecule has 1 saturated heterocycles. The van der Waals surface area contributed by atoms with E-state index in [0.717, 1.165) is 0 Å². The van der Waals surface area contributed by atoms with E-state index in [4.69, 9.17) is 9.84 Å². The second-order valence-electron chi connectivity index (χ2n) is 5.05. The van der Waals surface area contributed by atoms with Gasteiger partial charge in [-0.25, -0.2) is 8.42 Å². The molecule has 1 aliphatic heterocycles. The number of likely N-dealkylation sites (N-methyl/N-ethyl adjacent to an activating group) is 1. The van der Waals surface area contributed by atoms with Crippen LogP contribution in [0.3, 0.4) is 0 Å². The number of nitrogens with zero attached hydrogens (tertiary/aromatic N) is 2. The van der Waals surface area contributed by atoms with Crippen molar-refractivity contribution in [2.24, 2.45) is 0 Å². The van der Waals surface area contributed by atoms with Crippen molar-refractivity contribution in [1.82, 2.24) is 9.80 Å². The number of rotatable bonds is 8. The van der Waals surface area contributed by atoms with Gasteiger partial charge in [0.2, 0.25) is 5.91 Å². The van der Waals surface area contributed by atoms with E-state index in [-0.39, 0.29) is 36.6 Å². The third-order valence-corrected chi connectivity index (χ3v) is 5.29. The Morgan fingerprint density at radius 2 is 2.10 bits per heavy atom. The minimum absolute atomic E-state index is 0.0292. The molecule has 1 amide bonds. The van der Waals surface area contributed by atoms with Crippen LogP contribution in [0.5, 0.6) is 0 Å². The SMILES string of the molecule is COCCN(CCO)CC(=O)N(C)C1CCS(=O)(=O)C1. The third kappa shape index (κ3) is 5.35. The van der Waals surface area contributed by atoms with Crippen molar-refractivity contribution < 1.29 is 23.1 Å². The van der Waals surface area contributed by atoms with Gasteiger partial charge in [-0.05, 0) is 6.42 Å². The average molecular weight is 308 g/mol. The average Bonchev–Trinajstić information content (AvgIpc) is 2.75. The van der Waals surface area contributed by atoms with Gasteiger partial charge in [0.05, 0.1) is 31.3 Å². The van der Waals surface area contributed by atoms with Gasteiger partial charge < -0.3 is 14.7 Å². The van der Waals surface area contributed by atoms with Crippen LogP contribution in [0.1, 0.15) is 6.42 Å². The van der Waals surface area contributed by atoms with Gasteiger partial charge in [0, 0.05) is 33.3 Å². The first-order valence-electron chi connectivity index (χ1n) is 6.68. The van der Waals surface area contributed by atoms with Crippen LogP contribution >= 0.6 is 0 Å². The third-order valence-electron chi connectivity index (χ3n) is 3.54. The Morgan fingerprint density at radius 1 is 1.40 bits per heavy atom. The number of carbonyl (C=O) groups is 1. The van der Waals surface area contributed by atoms with Gasteiger partial charge >= 0.3 is 0 Å². The minimum atomic E-state index is -2.99. The number of sulfone groups is 1. The number of hydrogen-bond acceptors (Lipinski definition) is 6. The van der Waals surface area contributed by atoms with Crippen molar-refractivity contribution in [3.63, 3.8) is 0 Å². The summed E-state index contributed by atoms with van der Waals surface area (Å²) in [5, 5.41) is 8.98. The van der Waals surface area contributed by atoms with Crippen LogP contribution in [0, 0.1) is 0 Å². The maximum Gasteiger partial charge on any atom is 0.236 e. The van der Waals surface area contributed by atoms with E-state index in [9.17, 15) is 13.2 Å². The number of ether oxygens (including phenoxy) is 1. The van der Waals surface area contributed by atoms with Crippen LogP contribution in [0.2, 0.25) is 0 Å². The van der Waals surface area contributed by atoms with E-state index in [2.05, 4.69) is 0 Å². The summed E-state index contributed by atoms with van der Waals surface area (Å²) >= 11 is 0. The fourth-order valence-electron chi connectivity index (χ4n) is 2.22. The molecule has 1 N–H and O–H groups in total. The van der Waals surface area contributed by atoms with Gasteiger partial charge in [0.25, 0.3) is 0 Å². The van der Waals surface area contributed by atoms with Gasteiger partial charge in [-0.2, -0.15) is 0 Å². The highest BCUT2D eigenvalue weighted by Gasteiger charge is 2.32. The zero-order valence-electron chi connectivity index (χ0n) is 12.1. The molecule has 0 saturated carbocycles. The van der Waals surface area contributed by atoms with Crippen LogP contribution in [0.4, 0.5) is 0 Å². The van der Waals surface area contributed by atoms with Gasteiger partial charge in [-0.3, -0.25) is 9.69 Å². The molecule has 20 heavy (non-hydrogen) atoms. The zero-order valence-corrected chi connectivity index (χ0v) is 12.9. The van der Waals surface area contributed by atoms with Crippen molar-refractivity contribution >= 4 is 15.7 Å². The summed E-state index contributed by atoms with van der Waals surface area (Å²) in [6, 6.07) is -0.231. The lowest BCUT2D eigenvalue weighted by Crippen LogP contribution is -2.45. The molecule has 0 aliphatic carbocycles. The fourth-order valence-corrected chi connectivity index (χ4v) is 3.99. The smallest absolute Gasteiger partial charge is 0.236 e. The van der Waals surface area contributed by atoms with E-state index in [0.29, 0.717) is 26.1 Å². The van der Waals surface area contributed by atoms with Crippen molar-refractivity contribution in [2.75, 3.05) is 58.5 Å². The summed E-state index contributed by atoms with van der Waals surface area (Å²) in [4.78, 5) is 15.5. The molecule has 8 heteroatoms. The molecule has 0 aromatic carbocycles. The first-order valence-corrected chi connectivity index (χ1v) is 8.50. The Hall–Kier alpha value is -0.700. The molecule has 0 aromatic rings. The summed E-state index contributed by atoms with van der Waals surface area (Å²) < 4.78 is 27.8. The van der Waals surface area contributed by atoms with Crippen LogP contribution < -0.4 is 0 Å². The predicted molar refractivity (Wildman–Crippen MR) is 75.2 cm³/mol. The maximum absolute atomic E-state index is 12.2. The molecule has 1 rings (SSSR count). The Bertz CT molecular complexity index is 412. The molecule has 0 aromatic heterocycles. The standard InChI is InChI=1S/C12H24N2O5S/c1-13(11-3-8-20(17,18)10-11)12(16)9-14(4-6-15)5-7-19-2/h11,15H,3-10H2,1-2H3. The lowest BCUT2D eigenvalue weighted by molar-refractivity contribution is -0.133. The Balaban J connectivity index is 2.50. The van der Waals surface area contributed by atoms with Crippen LogP contribution in [0.15, 0.2) is 0 Å². The predicted octanol–water partition coefficient (Wildman–Crippen LogP) is -1.43. The summed E-state index contributed by atoms with van der Waals surface area (Å²) in [5.74, 6) is 0.0729. The van der Waals surface area contributed by atoms with E-state index >= 15 is 0 Å². The van der Waals surface area contributed by atoms with E-state index in [1.807, 2.05) is 0 Å². The zero-order chi connectivity index (χ0) is 15.2. The topological polar surface area (TPSA) is 87.2 Å². The van der Waals surface area contributed by atoms with Crippen molar-refractivity contribution in [2.45, 2.75) is 12.5 Å². The van der Waals surface area contributed by atoms with E-state index in [1.54, 1.807) is 19.1 Å². The number of aliphatic hydroxyl groups is 1. The van der Waals surface area contributed by atoms with Gasteiger partial charge in [-0.1, -0.05) is 0 Å². The van der Waals surface area contributed by atoms with Gasteiger partial charge in [0.15, 0.2) is 9.84 Å². The number of amides is 1. The van der Waals surface area contributed by atoms with Crippen molar-refractivity contribution in [3.05, 3.63) is 0 Å². The molecular weight excluding hydrogens is 284 g/mol. The van der Waals surface area contributed by atoms with Crippen LogP contribution in [-0.2, 0) is 19.4 Å². The minimum Gasteiger partial charge on any atom is -0.395 e. The molecule has 0 spiro atoms. The summed E-state index contributed by atoms with van der Waals surface area (Å²) in [7, 11) is 0.224. The molecule has 0 radical (unpaired) electrons. The number of carbonyl (C=O) groups excluding carboxylic acids is 1. The molecule has 1 unspecified atom stereocenters.